The second-order valence-electron chi connectivity index (χ2n) is 5.76. The summed E-state index contributed by atoms with van der Waals surface area (Å²) in [5.74, 6) is 0. The van der Waals surface area contributed by atoms with Crippen molar-refractivity contribution >= 4 is 17.2 Å². The molecule has 2 aromatic rings. The number of nitrogens with zero attached hydrogens (tertiary/aromatic N) is 3. The molecule has 0 radical (unpaired) electrons. The predicted octanol–water partition coefficient (Wildman–Crippen LogP) is 2.17. The first-order chi connectivity index (χ1) is 9.04. The van der Waals surface area contributed by atoms with Gasteiger partial charge in [-0.15, -0.1) is 0 Å². The number of nitrogens with one attached hydrogen (secondary N) is 1. The summed E-state index contributed by atoms with van der Waals surface area (Å²) < 4.78 is 1.99. The molecular weight excluding hydrogens is 260 g/mol. The van der Waals surface area contributed by atoms with Crippen LogP contribution in [0, 0.1) is 0 Å². The highest BCUT2D eigenvalue weighted by Crippen LogP contribution is 2.20. The summed E-state index contributed by atoms with van der Waals surface area (Å²) >= 11 is 6.00. The normalized spacial score (nSPS) is 19.9. The standard InChI is InChI=1S/C14H19ClN4/c1-14(2)10-16-5-6-19(14)9-12-8-18-7-11(15)3-4-13(18)17-12/h3-4,7-8,16H,5-6,9-10H2,1-2H3. The van der Waals surface area contributed by atoms with E-state index < -0.39 is 0 Å². The highest BCUT2D eigenvalue weighted by atomic mass is 35.5. The van der Waals surface area contributed by atoms with Crippen LogP contribution < -0.4 is 5.32 Å². The highest BCUT2D eigenvalue weighted by Gasteiger charge is 2.29. The first-order valence-corrected chi connectivity index (χ1v) is 7.01. The van der Waals surface area contributed by atoms with Crippen LogP contribution in [-0.2, 0) is 6.54 Å². The Morgan fingerprint density at radius 3 is 3.00 bits per heavy atom. The summed E-state index contributed by atoms with van der Waals surface area (Å²) in [6, 6.07) is 3.83. The average molecular weight is 279 g/mol. The number of rotatable bonds is 2. The van der Waals surface area contributed by atoms with Crippen LogP contribution in [0.15, 0.2) is 24.5 Å². The lowest BCUT2D eigenvalue weighted by molar-refractivity contribution is 0.0816. The van der Waals surface area contributed by atoms with Crippen molar-refractivity contribution in [1.29, 1.82) is 0 Å². The molecular formula is C14H19ClN4. The van der Waals surface area contributed by atoms with Gasteiger partial charge in [0.25, 0.3) is 0 Å². The summed E-state index contributed by atoms with van der Waals surface area (Å²) in [6.45, 7) is 8.54. The van der Waals surface area contributed by atoms with Gasteiger partial charge in [-0.2, -0.15) is 0 Å². The number of halogens is 1. The summed E-state index contributed by atoms with van der Waals surface area (Å²) in [5.41, 5.74) is 2.22. The highest BCUT2D eigenvalue weighted by molar-refractivity contribution is 6.30. The number of pyridine rings is 1. The number of hydrogen-bond donors (Lipinski definition) is 1. The van der Waals surface area contributed by atoms with Crippen molar-refractivity contribution in [3.05, 3.63) is 35.2 Å². The lowest BCUT2D eigenvalue weighted by atomic mass is 10.00. The summed E-state index contributed by atoms with van der Waals surface area (Å²) in [4.78, 5) is 7.13. The second-order valence-corrected chi connectivity index (χ2v) is 6.19. The zero-order valence-electron chi connectivity index (χ0n) is 11.4. The third-order valence-corrected chi connectivity index (χ3v) is 4.01. The van der Waals surface area contributed by atoms with Crippen molar-refractivity contribution in [3.63, 3.8) is 0 Å². The molecule has 0 saturated carbocycles. The van der Waals surface area contributed by atoms with E-state index in [4.69, 9.17) is 11.6 Å². The number of piperazine rings is 1. The Morgan fingerprint density at radius 2 is 2.21 bits per heavy atom. The Morgan fingerprint density at radius 1 is 1.37 bits per heavy atom. The molecule has 0 spiro atoms. The van der Waals surface area contributed by atoms with Crippen LogP contribution in [0.4, 0.5) is 0 Å². The molecule has 1 fully saturated rings. The van der Waals surface area contributed by atoms with E-state index in [1.165, 1.54) is 0 Å². The van der Waals surface area contributed by atoms with Crippen LogP contribution in [0.1, 0.15) is 19.5 Å². The average Bonchev–Trinajstić information content (AvgIpc) is 2.73. The maximum absolute atomic E-state index is 6.00. The van der Waals surface area contributed by atoms with Crippen molar-refractivity contribution in [2.75, 3.05) is 19.6 Å². The van der Waals surface area contributed by atoms with Crippen molar-refractivity contribution < 1.29 is 0 Å². The molecule has 1 saturated heterocycles. The molecule has 1 aliphatic heterocycles. The van der Waals surface area contributed by atoms with Gasteiger partial charge in [0.15, 0.2) is 0 Å². The van der Waals surface area contributed by atoms with E-state index in [0.717, 1.165) is 42.5 Å². The zero-order valence-corrected chi connectivity index (χ0v) is 12.1. The second kappa shape index (κ2) is 4.78. The fraction of sp³-hybridized carbons (Fsp3) is 0.500. The van der Waals surface area contributed by atoms with Gasteiger partial charge in [-0.05, 0) is 26.0 Å². The maximum atomic E-state index is 6.00. The van der Waals surface area contributed by atoms with Gasteiger partial charge in [0, 0.05) is 44.1 Å². The van der Waals surface area contributed by atoms with E-state index in [1.807, 2.05) is 22.7 Å². The number of imidazole rings is 1. The molecule has 19 heavy (non-hydrogen) atoms. The van der Waals surface area contributed by atoms with Gasteiger partial charge in [0.2, 0.25) is 0 Å². The van der Waals surface area contributed by atoms with Crippen molar-refractivity contribution in [1.82, 2.24) is 19.6 Å². The van der Waals surface area contributed by atoms with Gasteiger partial charge in [0.05, 0.1) is 10.7 Å². The third-order valence-electron chi connectivity index (χ3n) is 3.79. The number of hydrogen-bond acceptors (Lipinski definition) is 3. The molecule has 102 valence electrons. The zero-order chi connectivity index (χ0) is 13.5. The smallest absolute Gasteiger partial charge is 0.137 e. The van der Waals surface area contributed by atoms with Crippen LogP contribution in [0.3, 0.4) is 0 Å². The predicted molar refractivity (Wildman–Crippen MR) is 77.6 cm³/mol. The van der Waals surface area contributed by atoms with E-state index in [2.05, 4.69) is 35.2 Å². The van der Waals surface area contributed by atoms with E-state index in [1.54, 1.807) is 0 Å². The quantitative estimate of drug-likeness (QED) is 0.914. The lowest BCUT2D eigenvalue weighted by Gasteiger charge is -2.42. The molecule has 0 bridgehead atoms. The Balaban J connectivity index is 1.84. The molecule has 0 aliphatic carbocycles. The van der Waals surface area contributed by atoms with Gasteiger partial charge >= 0.3 is 0 Å². The van der Waals surface area contributed by atoms with E-state index in [9.17, 15) is 0 Å². The molecule has 0 atom stereocenters. The van der Waals surface area contributed by atoms with Crippen molar-refractivity contribution in [2.24, 2.45) is 0 Å². The Hall–Kier alpha value is -1.10. The van der Waals surface area contributed by atoms with E-state index in [0.29, 0.717) is 0 Å². The Kier molecular flexibility index (Phi) is 3.25. The molecule has 2 aromatic heterocycles. The molecule has 0 aromatic carbocycles. The fourth-order valence-electron chi connectivity index (χ4n) is 2.60. The maximum Gasteiger partial charge on any atom is 0.137 e. The summed E-state index contributed by atoms with van der Waals surface area (Å²) in [5, 5.41) is 4.18. The topological polar surface area (TPSA) is 32.6 Å². The van der Waals surface area contributed by atoms with Crippen molar-refractivity contribution in [2.45, 2.75) is 25.9 Å². The van der Waals surface area contributed by atoms with Gasteiger partial charge in [0.1, 0.15) is 5.65 Å². The monoisotopic (exact) mass is 278 g/mol. The molecule has 0 amide bonds. The minimum absolute atomic E-state index is 0.172. The largest absolute Gasteiger partial charge is 0.314 e. The van der Waals surface area contributed by atoms with Gasteiger partial charge in [-0.3, -0.25) is 4.90 Å². The molecule has 0 unspecified atom stereocenters. The first-order valence-electron chi connectivity index (χ1n) is 6.63. The summed E-state index contributed by atoms with van der Waals surface area (Å²) in [6.07, 6.45) is 3.97. The van der Waals surface area contributed by atoms with Crippen LogP contribution >= 0.6 is 11.6 Å². The van der Waals surface area contributed by atoms with E-state index in [-0.39, 0.29) is 5.54 Å². The molecule has 5 heteroatoms. The van der Waals surface area contributed by atoms with Crippen LogP contribution in [0.5, 0.6) is 0 Å². The molecule has 4 nitrogen and oxygen atoms in total. The third kappa shape index (κ3) is 2.61. The molecule has 3 heterocycles. The minimum Gasteiger partial charge on any atom is -0.314 e. The van der Waals surface area contributed by atoms with Gasteiger partial charge < -0.3 is 9.72 Å². The van der Waals surface area contributed by atoms with Gasteiger partial charge in [-0.25, -0.2) is 4.98 Å². The van der Waals surface area contributed by atoms with Crippen LogP contribution in [-0.4, -0.2) is 39.5 Å². The van der Waals surface area contributed by atoms with Crippen LogP contribution in [0.2, 0.25) is 5.02 Å². The molecule has 1 aliphatic rings. The SMILES string of the molecule is CC1(C)CNCCN1Cc1cn2cc(Cl)ccc2n1. The minimum atomic E-state index is 0.172. The Bertz CT molecular complexity index is 590. The fourth-order valence-corrected chi connectivity index (χ4v) is 2.77. The van der Waals surface area contributed by atoms with Crippen LogP contribution in [0.25, 0.3) is 5.65 Å². The summed E-state index contributed by atoms with van der Waals surface area (Å²) in [7, 11) is 0. The van der Waals surface area contributed by atoms with Crippen molar-refractivity contribution in [3.8, 4) is 0 Å². The first kappa shape index (κ1) is 12.9. The van der Waals surface area contributed by atoms with Gasteiger partial charge in [-0.1, -0.05) is 11.6 Å². The Labute approximate surface area is 118 Å². The lowest BCUT2D eigenvalue weighted by Crippen LogP contribution is -2.57. The molecule has 3 rings (SSSR count). The molecule has 1 N–H and O–H groups in total. The number of fused-ring (bicyclic) bond motifs is 1. The van der Waals surface area contributed by atoms with E-state index >= 15 is 0 Å². The number of aromatic nitrogens is 2.